The molecule has 2 fully saturated rings. The largest absolute Gasteiger partial charge is 0.346 e. The van der Waals surface area contributed by atoms with Gasteiger partial charge in [0.2, 0.25) is 0 Å². The molecule has 154 valence electrons. The lowest BCUT2D eigenvalue weighted by Crippen LogP contribution is -2.63. The van der Waals surface area contributed by atoms with Gasteiger partial charge in [0.15, 0.2) is 5.69 Å². The summed E-state index contributed by atoms with van der Waals surface area (Å²) in [6, 6.07) is 6.76. The Morgan fingerprint density at radius 3 is 2.86 bits per heavy atom. The maximum absolute atomic E-state index is 13.2. The van der Waals surface area contributed by atoms with E-state index in [1.807, 2.05) is 6.92 Å². The second kappa shape index (κ2) is 8.12. The molecule has 29 heavy (non-hydrogen) atoms. The molecule has 0 aromatic carbocycles. The van der Waals surface area contributed by atoms with E-state index in [4.69, 9.17) is 0 Å². The summed E-state index contributed by atoms with van der Waals surface area (Å²) in [6.45, 7) is 5.28. The van der Waals surface area contributed by atoms with Gasteiger partial charge >= 0.3 is 0 Å². The summed E-state index contributed by atoms with van der Waals surface area (Å²) < 4.78 is 13.2. The van der Waals surface area contributed by atoms with Gasteiger partial charge in [0, 0.05) is 19.6 Å². The molecule has 0 radical (unpaired) electrons. The topological polar surface area (TPSA) is 74.2 Å². The average Bonchev–Trinajstić information content (AvgIpc) is 2.99. The number of carbonyl (C=O) groups is 1. The maximum atomic E-state index is 13.2. The third kappa shape index (κ3) is 4.13. The van der Waals surface area contributed by atoms with Gasteiger partial charge < -0.3 is 5.32 Å². The molecule has 2 atom stereocenters. The highest BCUT2D eigenvalue weighted by Crippen LogP contribution is 2.37. The van der Waals surface area contributed by atoms with Crippen LogP contribution >= 0.6 is 0 Å². The molecule has 0 saturated carbocycles. The Balaban J connectivity index is 1.48. The highest BCUT2D eigenvalue weighted by atomic mass is 19.1. The van der Waals surface area contributed by atoms with Crippen LogP contribution in [0.2, 0.25) is 0 Å². The Kier molecular flexibility index (Phi) is 5.56. The van der Waals surface area contributed by atoms with E-state index in [1.54, 1.807) is 18.2 Å². The van der Waals surface area contributed by atoms with E-state index in [-0.39, 0.29) is 23.3 Å². The molecule has 2 aromatic rings. The van der Waals surface area contributed by atoms with Crippen molar-refractivity contribution in [2.45, 2.75) is 44.3 Å². The van der Waals surface area contributed by atoms with Crippen LogP contribution in [0.3, 0.4) is 0 Å². The van der Waals surface area contributed by atoms with Crippen molar-refractivity contribution in [2.75, 3.05) is 26.7 Å². The van der Waals surface area contributed by atoms with Gasteiger partial charge in [-0.15, -0.1) is 5.10 Å². The Labute approximate surface area is 170 Å². The third-order valence-electron chi connectivity index (χ3n) is 6.25. The number of aromatic nitrogens is 3. The molecule has 2 unspecified atom stereocenters. The predicted molar refractivity (Wildman–Crippen MR) is 107 cm³/mol. The Bertz CT molecular complexity index is 858. The monoisotopic (exact) mass is 398 g/mol. The summed E-state index contributed by atoms with van der Waals surface area (Å²) in [5.74, 6) is -0.490. The van der Waals surface area contributed by atoms with Crippen LogP contribution in [0.25, 0.3) is 0 Å². The lowest BCUT2D eigenvalue weighted by molar-refractivity contribution is 0.0348. The van der Waals surface area contributed by atoms with Gasteiger partial charge in [-0.05, 0) is 64.0 Å². The van der Waals surface area contributed by atoms with E-state index in [0.717, 1.165) is 50.3 Å². The third-order valence-corrected chi connectivity index (χ3v) is 6.25. The second-order valence-electron chi connectivity index (χ2n) is 8.18. The number of hydrogen-bond donors (Lipinski definition) is 1. The molecule has 1 spiro atoms. The summed E-state index contributed by atoms with van der Waals surface area (Å²) >= 11 is 0. The van der Waals surface area contributed by atoms with Crippen LogP contribution in [-0.2, 0) is 6.54 Å². The molecular weight excluding hydrogens is 371 g/mol. The minimum absolute atomic E-state index is 0.0482. The lowest BCUT2D eigenvalue weighted by Gasteiger charge is -2.47. The zero-order valence-electron chi connectivity index (χ0n) is 16.9. The average molecular weight is 398 g/mol. The number of halogens is 1. The van der Waals surface area contributed by atoms with E-state index >= 15 is 0 Å². The van der Waals surface area contributed by atoms with Crippen molar-refractivity contribution in [3.8, 4) is 0 Å². The van der Waals surface area contributed by atoms with E-state index in [9.17, 15) is 9.18 Å². The van der Waals surface area contributed by atoms with Crippen LogP contribution in [0.5, 0.6) is 0 Å². The van der Waals surface area contributed by atoms with Crippen molar-refractivity contribution in [2.24, 2.45) is 0 Å². The summed E-state index contributed by atoms with van der Waals surface area (Å²) in [5, 5.41) is 11.2. The SMILES string of the molecule is Cc1ccc(C(=O)NC2CCN(C)C23CCCN(Cc2ccc(F)cn2)C3)nn1. The molecule has 7 nitrogen and oxygen atoms in total. The maximum Gasteiger partial charge on any atom is 0.272 e. The number of nitrogens with zero attached hydrogens (tertiary/aromatic N) is 5. The van der Waals surface area contributed by atoms with E-state index in [2.05, 4.69) is 37.3 Å². The smallest absolute Gasteiger partial charge is 0.272 e. The molecule has 2 saturated heterocycles. The quantitative estimate of drug-likeness (QED) is 0.847. The summed E-state index contributed by atoms with van der Waals surface area (Å²) in [6.07, 6.45) is 4.25. The van der Waals surface area contributed by atoms with Gasteiger partial charge in [0.05, 0.1) is 29.2 Å². The fourth-order valence-electron chi connectivity index (χ4n) is 4.65. The Hall–Kier alpha value is -2.45. The number of likely N-dealkylation sites (N-methyl/N-ethyl adjacent to an activating group) is 1. The van der Waals surface area contributed by atoms with E-state index in [1.165, 1.54) is 12.3 Å². The molecule has 2 aliphatic heterocycles. The zero-order chi connectivity index (χ0) is 20.4. The fourth-order valence-corrected chi connectivity index (χ4v) is 4.65. The molecule has 4 heterocycles. The molecule has 0 bridgehead atoms. The number of nitrogens with one attached hydrogen (secondary N) is 1. The van der Waals surface area contributed by atoms with Gasteiger partial charge in [-0.25, -0.2) is 4.39 Å². The van der Waals surface area contributed by atoms with E-state index < -0.39 is 0 Å². The van der Waals surface area contributed by atoms with Gasteiger partial charge in [-0.2, -0.15) is 5.10 Å². The highest BCUT2D eigenvalue weighted by molar-refractivity contribution is 5.92. The summed E-state index contributed by atoms with van der Waals surface area (Å²) in [7, 11) is 2.14. The number of rotatable bonds is 4. The van der Waals surface area contributed by atoms with Crippen molar-refractivity contribution in [3.63, 3.8) is 0 Å². The van der Waals surface area contributed by atoms with Crippen LogP contribution in [0.15, 0.2) is 30.5 Å². The predicted octanol–water partition coefficient (Wildman–Crippen LogP) is 1.79. The molecular formula is C21H27FN6O. The highest BCUT2D eigenvalue weighted by Gasteiger charge is 2.49. The first kappa shape index (κ1) is 19.8. The number of likely N-dealkylation sites (tertiary alicyclic amines) is 2. The van der Waals surface area contributed by atoms with E-state index in [0.29, 0.717) is 12.2 Å². The first-order valence-corrected chi connectivity index (χ1v) is 10.1. The second-order valence-corrected chi connectivity index (χ2v) is 8.18. The van der Waals surface area contributed by atoms with Crippen LogP contribution < -0.4 is 5.32 Å². The number of hydrogen-bond acceptors (Lipinski definition) is 6. The van der Waals surface area contributed by atoms with Crippen molar-refractivity contribution in [1.29, 1.82) is 0 Å². The molecule has 2 aromatic heterocycles. The number of amides is 1. The Morgan fingerprint density at radius 2 is 2.14 bits per heavy atom. The van der Waals surface area contributed by atoms with Crippen LogP contribution in [0, 0.1) is 12.7 Å². The number of carbonyl (C=O) groups excluding carboxylic acids is 1. The summed E-state index contributed by atoms with van der Waals surface area (Å²) in [4.78, 5) is 21.7. The standard InChI is InChI=1S/C21H27FN6O/c1-15-4-7-18(26-25-15)20(29)24-19-8-11-27(2)21(19)9-3-10-28(14-21)13-17-6-5-16(22)12-23-17/h4-7,12,19H,3,8-11,13-14H2,1-2H3,(H,24,29). The Morgan fingerprint density at radius 1 is 1.28 bits per heavy atom. The minimum atomic E-state index is -0.318. The van der Waals surface area contributed by atoms with Crippen LogP contribution in [0.1, 0.15) is 41.1 Å². The lowest BCUT2D eigenvalue weighted by atomic mass is 9.82. The first-order valence-electron chi connectivity index (χ1n) is 10.1. The van der Waals surface area contributed by atoms with Gasteiger partial charge in [-0.3, -0.25) is 19.6 Å². The van der Waals surface area contributed by atoms with Crippen LogP contribution in [-0.4, -0.2) is 69.2 Å². The molecule has 1 N–H and O–H groups in total. The normalized spacial score (nSPS) is 25.4. The molecule has 1 amide bonds. The number of pyridine rings is 1. The van der Waals surface area contributed by atoms with Gasteiger partial charge in [-0.1, -0.05) is 0 Å². The first-order chi connectivity index (χ1) is 14.0. The molecule has 2 aliphatic rings. The molecule has 8 heteroatoms. The molecule has 0 aliphatic carbocycles. The van der Waals surface area contributed by atoms with Crippen molar-refractivity contribution in [3.05, 3.63) is 53.4 Å². The minimum Gasteiger partial charge on any atom is -0.346 e. The van der Waals surface area contributed by atoms with Gasteiger partial charge in [0.1, 0.15) is 5.82 Å². The molecule has 4 rings (SSSR count). The summed E-state index contributed by atoms with van der Waals surface area (Å²) in [5.41, 5.74) is 1.88. The van der Waals surface area contributed by atoms with Crippen LogP contribution in [0.4, 0.5) is 4.39 Å². The van der Waals surface area contributed by atoms with Gasteiger partial charge in [0.25, 0.3) is 5.91 Å². The fraction of sp³-hybridized carbons (Fsp3) is 0.524. The van der Waals surface area contributed by atoms with Crippen molar-refractivity contribution < 1.29 is 9.18 Å². The van der Waals surface area contributed by atoms with Crippen molar-refractivity contribution >= 4 is 5.91 Å². The zero-order valence-corrected chi connectivity index (χ0v) is 16.9. The number of aryl methyl sites for hydroxylation is 1. The number of piperidine rings is 1. The van der Waals surface area contributed by atoms with Crippen molar-refractivity contribution in [1.82, 2.24) is 30.3 Å².